The molecule has 0 spiro atoms. The van der Waals surface area contributed by atoms with E-state index in [-0.39, 0.29) is 0 Å². The number of benzene rings is 1. The van der Waals surface area contributed by atoms with E-state index in [0.29, 0.717) is 6.54 Å². The highest BCUT2D eigenvalue weighted by Gasteiger charge is 2.09. The van der Waals surface area contributed by atoms with Gasteiger partial charge in [-0.15, -0.1) is 0 Å². The van der Waals surface area contributed by atoms with Crippen molar-refractivity contribution in [2.45, 2.75) is 19.4 Å². The maximum absolute atomic E-state index is 10.3. The third kappa shape index (κ3) is 3.60. The maximum Gasteiger partial charge on any atom is 0.328 e. The van der Waals surface area contributed by atoms with Crippen LogP contribution in [0.25, 0.3) is 0 Å². The van der Waals surface area contributed by atoms with Crippen molar-refractivity contribution in [3.63, 3.8) is 0 Å². The maximum atomic E-state index is 10.3. The van der Waals surface area contributed by atoms with Crippen LogP contribution >= 0.6 is 0 Å². The molecule has 0 aromatic heterocycles. The second-order valence-electron chi connectivity index (χ2n) is 4.27. The van der Waals surface area contributed by atoms with Gasteiger partial charge in [-0.1, -0.05) is 18.2 Å². The Morgan fingerprint density at radius 2 is 2.39 bits per heavy atom. The van der Waals surface area contributed by atoms with Gasteiger partial charge < -0.3 is 15.2 Å². The lowest BCUT2D eigenvalue weighted by atomic mass is 10.0. The lowest BCUT2D eigenvalue weighted by Crippen LogP contribution is -2.14. The summed E-state index contributed by atoms with van der Waals surface area (Å²) in [6, 6.07) is 6.21. The lowest BCUT2D eigenvalue weighted by molar-refractivity contribution is -0.131. The topological polar surface area (TPSA) is 58.6 Å². The number of ether oxygens (including phenoxy) is 1. The van der Waals surface area contributed by atoms with Gasteiger partial charge in [0.25, 0.3) is 0 Å². The Kier molecular flexibility index (Phi) is 4.36. The third-order valence-electron chi connectivity index (χ3n) is 2.82. The molecular formula is C14H17NO3. The Balaban J connectivity index is 1.84. The first-order valence-electron chi connectivity index (χ1n) is 6.10. The van der Waals surface area contributed by atoms with Gasteiger partial charge in [-0.25, -0.2) is 4.79 Å². The first kappa shape index (κ1) is 12.6. The van der Waals surface area contributed by atoms with E-state index in [1.165, 1.54) is 11.1 Å². The van der Waals surface area contributed by atoms with Gasteiger partial charge in [0.2, 0.25) is 0 Å². The van der Waals surface area contributed by atoms with E-state index in [2.05, 4.69) is 11.4 Å². The molecule has 2 N–H and O–H groups in total. The molecule has 0 amide bonds. The summed E-state index contributed by atoms with van der Waals surface area (Å²) >= 11 is 0. The zero-order chi connectivity index (χ0) is 12.8. The van der Waals surface area contributed by atoms with Gasteiger partial charge in [-0.3, -0.25) is 0 Å². The van der Waals surface area contributed by atoms with Crippen molar-refractivity contribution in [2.24, 2.45) is 0 Å². The lowest BCUT2D eigenvalue weighted by Gasteiger charge is -2.17. The molecule has 2 rings (SSSR count). The molecule has 0 fully saturated rings. The quantitative estimate of drug-likeness (QED) is 0.614. The van der Waals surface area contributed by atoms with E-state index < -0.39 is 5.97 Å². The van der Waals surface area contributed by atoms with Crippen LogP contribution in [-0.4, -0.2) is 24.2 Å². The first-order valence-corrected chi connectivity index (χ1v) is 6.10. The van der Waals surface area contributed by atoms with E-state index in [4.69, 9.17) is 9.84 Å². The highest BCUT2D eigenvalue weighted by atomic mass is 16.5. The molecule has 1 aliphatic rings. The fraction of sp³-hybridized carbons (Fsp3) is 0.357. The van der Waals surface area contributed by atoms with Crippen molar-refractivity contribution in [2.75, 3.05) is 13.2 Å². The standard InChI is InChI=1S/C14H17NO3/c16-14(17)4-1-7-15-10-11-5-6-13-12(9-11)3-2-8-18-13/h1,4-6,9,15H,2-3,7-8,10H2,(H,16,17)/b4-1+. The van der Waals surface area contributed by atoms with Crippen molar-refractivity contribution < 1.29 is 14.6 Å². The molecule has 0 aliphatic carbocycles. The SMILES string of the molecule is O=C(O)/C=C/CNCc1ccc2c(c1)CCCO2. The number of hydrogen-bond donors (Lipinski definition) is 2. The van der Waals surface area contributed by atoms with E-state index in [1.807, 2.05) is 12.1 Å². The zero-order valence-corrected chi connectivity index (χ0v) is 10.2. The van der Waals surface area contributed by atoms with Gasteiger partial charge in [0.1, 0.15) is 5.75 Å². The van der Waals surface area contributed by atoms with E-state index in [9.17, 15) is 4.79 Å². The zero-order valence-electron chi connectivity index (χ0n) is 10.2. The summed E-state index contributed by atoms with van der Waals surface area (Å²) in [6.45, 7) is 2.10. The Bertz CT molecular complexity index is 454. The van der Waals surface area contributed by atoms with Gasteiger partial charge in [0.15, 0.2) is 0 Å². The van der Waals surface area contributed by atoms with Crippen LogP contribution < -0.4 is 10.1 Å². The number of aliphatic carboxylic acids is 1. The van der Waals surface area contributed by atoms with Crippen LogP contribution in [0.3, 0.4) is 0 Å². The average Bonchev–Trinajstić information content (AvgIpc) is 2.38. The highest BCUT2D eigenvalue weighted by Crippen LogP contribution is 2.25. The second-order valence-corrected chi connectivity index (χ2v) is 4.27. The smallest absolute Gasteiger partial charge is 0.328 e. The third-order valence-corrected chi connectivity index (χ3v) is 2.82. The van der Waals surface area contributed by atoms with Crippen LogP contribution in [0.4, 0.5) is 0 Å². The molecule has 0 saturated heterocycles. The molecule has 0 atom stereocenters. The monoisotopic (exact) mass is 247 g/mol. The number of aryl methyl sites for hydroxylation is 1. The largest absolute Gasteiger partial charge is 0.493 e. The van der Waals surface area contributed by atoms with Gasteiger partial charge >= 0.3 is 5.97 Å². The summed E-state index contributed by atoms with van der Waals surface area (Å²) in [4.78, 5) is 10.3. The molecule has 0 unspecified atom stereocenters. The normalized spacial score (nSPS) is 14.2. The molecule has 0 bridgehead atoms. The number of fused-ring (bicyclic) bond motifs is 1. The molecule has 1 aliphatic heterocycles. The van der Waals surface area contributed by atoms with Gasteiger partial charge in [-0.05, 0) is 30.0 Å². The van der Waals surface area contributed by atoms with Crippen LogP contribution in [0.15, 0.2) is 30.4 Å². The summed E-state index contributed by atoms with van der Waals surface area (Å²) in [7, 11) is 0. The first-order chi connectivity index (χ1) is 8.75. The van der Waals surface area contributed by atoms with Crippen molar-refractivity contribution in [1.82, 2.24) is 5.32 Å². The Hall–Kier alpha value is -1.81. The summed E-state index contributed by atoms with van der Waals surface area (Å²) in [5.74, 6) is 0.0819. The number of carboxylic acid groups (broad SMARTS) is 1. The predicted molar refractivity (Wildman–Crippen MR) is 68.7 cm³/mol. The predicted octanol–water partition coefficient (Wildman–Crippen LogP) is 1.74. The van der Waals surface area contributed by atoms with Crippen molar-refractivity contribution >= 4 is 5.97 Å². The number of rotatable bonds is 5. The van der Waals surface area contributed by atoms with Crippen LogP contribution in [0.2, 0.25) is 0 Å². The van der Waals surface area contributed by atoms with Crippen molar-refractivity contribution in [1.29, 1.82) is 0 Å². The summed E-state index contributed by atoms with van der Waals surface area (Å²) in [5.41, 5.74) is 2.46. The minimum absolute atomic E-state index is 0.555. The van der Waals surface area contributed by atoms with Crippen LogP contribution in [0.1, 0.15) is 17.5 Å². The van der Waals surface area contributed by atoms with Crippen molar-refractivity contribution in [3.05, 3.63) is 41.5 Å². The average molecular weight is 247 g/mol. The summed E-state index contributed by atoms with van der Waals surface area (Å²) in [5, 5.41) is 11.6. The summed E-state index contributed by atoms with van der Waals surface area (Å²) in [6.07, 6.45) is 4.89. The number of nitrogens with one attached hydrogen (secondary N) is 1. The Morgan fingerprint density at radius 1 is 1.50 bits per heavy atom. The molecule has 18 heavy (non-hydrogen) atoms. The van der Waals surface area contributed by atoms with Crippen LogP contribution in [-0.2, 0) is 17.8 Å². The summed E-state index contributed by atoms with van der Waals surface area (Å²) < 4.78 is 5.55. The fourth-order valence-electron chi connectivity index (χ4n) is 1.98. The minimum Gasteiger partial charge on any atom is -0.493 e. The molecule has 0 saturated carbocycles. The molecule has 1 aromatic rings. The second kappa shape index (κ2) is 6.21. The van der Waals surface area contributed by atoms with Gasteiger partial charge in [0, 0.05) is 19.2 Å². The number of carboxylic acids is 1. The molecule has 4 heteroatoms. The number of hydrogen-bond acceptors (Lipinski definition) is 3. The number of carbonyl (C=O) groups is 1. The van der Waals surface area contributed by atoms with Gasteiger partial charge in [-0.2, -0.15) is 0 Å². The molecule has 1 aromatic carbocycles. The van der Waals surface area contributed by atoms with E-state index >= 15 is 0 Å². The van der Waals surface area contributed by atoms with E-state index in [0.717, 1.165) is 37.8 Å². The fourth-order valence-corrected chi connectivity index (χ4v) is 1.98. The van der Waals surface area contributed by atoms with Crippen LogP contribution in [0.5, 0.6) is 5.75 Å². The minimum atomic E-state index is -0.914. The highest BCUT2D eigenvalue weighted by molar-refractivity contribution is 5.79. The molecule has 4 nitrogen and oxygen atoms in total. The van der Waals surface area contributed by atoms with Gasteiger partial charge in [0.05, 0.1) is 6.61 Å². The molecule has 96 valence electrons. The van der Waals surface area contributed by atoms with Crippen LogP contribution in [0, 0.1) is 0 Å². The van der Waals surface area contributed by atoms with Crippen molar-refractivity contribution in [3.8, 4) is 5.75 Å². The molecular weight excluding hydrogens is 230 g/mol. The Morgan fingerprint density at radius 3 is 3.22 bits per heavy atom. The van der Waals surface area contributed by atoms with E-state index in [1.54, 1.807) is 6.08 Å². The Labute approximate surface area is 106 Å². The molecule has 1 heterocycles. The molecule has 0 radical (unpaired) electrons.